The molecule has 7 nitrogen and oxygen atoms in total. The first-order valence-electron chi connectivity index (χ1n) is 11.7. The van der Waals surface area contributed by atoms with E-state index in [0.717, 1.165) is 23.3 Å². The lowest BCUT2D eigenvalue weighted by molar-refractivity contribution is -0.118. The molecule has 0 aliphatic carbocycles. The Morgan fingerprint density at radius 1 is 1.11 bits per heavy atom. The number of carbonyl (C=O) groups is 2. The molecule has 1 aromatic heterocycles. The summed E-state index contributed by atoms with van der Waals surface area (Å²) in [5.74, 6) is -1.94. The molecule has 35 heavy (non-hydrogen) atoms. The molecule has 0 unspecified atom stereocenters. The highest BCUT2D eigenvalue weighted by Crippen LogP contribution is 2.35. The number of hydrogen-bond donors (Lipinski definition) is 1. The smallest absolute Gasteiger partial charge is 0.259 e. The fraction of sp³-hybridized carbons (Fsp3) is 0.346. The number of hydrogen-bond acceptors (Lipinski definition) is 4. The Morgan fingerprint density at radius 2 is 1.91 bits per heavy atom. The second kappa shape index (κ2) is 9.48. The Bertz CT molecular complexity index is 1250. The molecule has 1 fully saturated rings. The number of benzene rings is 2. The highest BCUT2D eigenvalue weighted by molar-refractivity contribution is 5.95. The van der Waals surface area contributed by atoms with Crippen molar-refractivity contribution in [2.75, 3.05) is 25.0 Å². The van der Waals surface area contributed by atoms with Crippen LogP contribution < -0.4 is 10.1 Å². The van der Waals surface area contributed by atoms with Gasteiger partial charge in [-0.25, -0.2) is 8.78 Å². The number of nitrogens with one attached hydrogen (secondary N) is 1. The summed E-state index contributed by atoms with van der Waals surface area (Å²) in [6.07, 6.45) is 5.16. The summed E-state index contributed by atoms with van der Waals surface area (Å²) in [6, 6.07) is 9.04. The summed E-state index contributed by atoms with van der Waals surface area (Å²) >= 11 is 0. The van der Waals surface area contributed by atoms with Crippen molar-refractivity contribution in [2.24, 2.45) is 18.9 Å². The number of ether oxygens (including phenoxy) is 1. The molecule has 3 aromatic rings. The maximum absolute atomic E-state index is 14.2. The van der Waals surface area contributed by atoms with Crippen molar-refractivity contribution in [1.29, 1.82) is 0 Å². The highest BCUT2D eigenvalue weighted by atomic mass is 19.1. The number of aromatic nitrogens is 2. The molecule has 2 aromatic carbocycles. The van der Waals surface area contributed by atoms with Gasteiger partial charge in [-0.1, -0.05) is 12.1 Å². The van der Waals surface area contributed by atoms with E-state index in [1.165, 1.54) is 11.0 Å². The summed E-state index contributed by atoms with van der Waals surface area (Å²) in [5.41, 5.74) is 1.94. The fourth-order valence-corrected chi connectivity index (χ4v) is 4.98. The highest BCUT2D eigenvalue weighted by Gasteiger charge is 2.35. The maximum atomic E-state index is 14.2. The lowest BCUT2D eigenvalue weighted by atomic mass is 9.80. The molecule has 2 amide bonds. The van der Waals surface area contributed by atoms with E-state index in [4.69, 9.17) is 4.74 Å². The molecule has 0 radical (unpaired) electrons. The summed E-state index contributed by atoms with van der Waals surface area (Å²) in [5, 5.41) is 7.16. The summed E-state index contributed by atoms with van der Waals surface area (Å²) in [4.78, 5) is 27.3. The Balaban J connectivity index is 1.34. The molecule has 9 heteroatoms. The molecule has 2 aliphatic rings. The lowest BCUT2D eigenvalue weighted by Crippen LogP contribution is -2.45. The molecule has 182 valence electrons. The zero-order valence-electron chi connectivity index (χ0n) is 19.3. The molecule has 5 rings (SSSR count). The van der Waals surface area contributed by atoms with Gasteiger partial charge in [-0.05, 0) is 54.5 Å². The van der Waals surface area contributed by atoms with E-state index in [9.17, 15) is 18.4 Å². The van der Waals surface area contributed by atoms with Gasteiger partial charge in [0, 0.05) is 38.3 Å². The van der Waals surface area contributed by atoms with Crippen molar-refractivity contribution in [1.82, 2.24) is 14.7 Å². The molecule has 2 atom stereocenters. The SMILES string of the molecule is Cn1cc(-c2ccc3c(c2)OCC[C@H]2CN(C(=O)c4c(F)cccc4F)CC[C@H]2CC(=O)N3)cn1. The number of halogens is 2. The van der Waals surface area contributed by atoms with E-state index < -0.39 is 23.1 Å². The van der Waals surface area contributed by atoms with Crippen LogP contribution in [-0.2, 0) is 11.8 Å². The lowest BCUT2D eigenvalue weighted by Gasteiger charge is -2.39. The van der Waals surface area contributed by atoms with Crippen LogP contribution in [0.4, 0.5) is 14.5 Å². The second-order valence-electron chi connectivity index (χ2n) is 9.16. The summed E-state index contributed by atoms with van der Waals surface area (Å²) < 4.78 is 36.2. The maximum Gasteiger partial charge on any atom is 0.259 e. The molecule has 0 bridgehead atoms. The molecule has 1 N–H and O–H groups in total. The number of aryl methyl sites for hydroxylation is 1. The number of anilines is 1. The van der Waals surface area contributed by atoms with Crippen LogP contribution in [0.1, 0.15) is 29.6 Å². The first kappa shape index (κ1) is 23.0. The predicted octanol–water partition coefficient (Wildman–Crippen LogP) is 4.25. The zero-order chi connectivity index (χ0) is 24.5. The largest absolute Gasteiger partial charge is 0.491 e. The van der Waals surface area contributed by atoms with Crippen molar-refractivity contribution in [3.05, 3.63) is 66.0 Å². The van der Waals surface area contributed by atoms with Crippen LogP contribution in [0.3, 0.4) is 0 Å². The number of piperidine rings is 1. The molecular formula is C26H26F2N4O3. The quantitative estimate of drug-likeness (QED) is 0.595. The van der Waals surface area contributed by atoms with Gasteiger partial charge in [-0.3, -0.25) is 14.3 Å². The third-order valence-corrected chi connectivity index (χ3v) is 6.84. The predicted molar refractivity (Wildman–Crippen MR) is 126 cm³/mol. The second-order valence-corrected chi connectivity index (χ2v) is 9.16. The third kappa shape index (κ3) is 4.76. The van der Waals surface area contributed by atoms with Crippen LogP contribution in [0.25, 0.3) is 11.1 Å². The minimum absolute atomic E-state index is 0.0312. The van der Waals surface area contributed by atoms with E-state index in [-0.39, 0.29) is 17.7 Å². The molecular weight excluding hydrogens is 454 g/mol. The first-order chi connectivity index (χ1) is 16.9. The average molecular weight is 481 g/mol. The third-order valence-electron chi connectivity index (χ3n) is 6.84. The normalized spacial score (nSPS) is 20.3. The van der Waals surface area contributed by atoms with Gasteiger partial charge in [-0.15, -0.1) is 0 Å². The van der Waals surface area contributed by atoms with Crippen molar-refractivity contribution in [3.63, 3.8) is 0 Å². The fourth-order valence-electron chi connectivity index (χ4n) is 4.98. The number of carbonyl (C=O) groups excluding carboxylic acids is 2. The van der Waals surface area contributed by atoms with Crippen LogP contribution in [0.2, 0.25) is 0 Å². The van der Waals surface area contributed by atoms with Crippen molar-refractivity contribution in [2.45, 2.75) is 19.3 Å². The molecule has 1 saturated heterocycles. The van der Waals surface area contributed by atoms with E-state index in [0.29, 0.717) is 50.4 Å². The van der Waals surface area contributed by atoms with Gasteiger partial charge in [0.15, 0.2) is 0 Å². The monoisotopic (exact) mass is 480 g/mol. The van der Waals surface area contributed by atoms with Gasteiger partial charge < -0.3 is 15.0 Å². The first-order valence-corrected chi connectivity index (χ1v) is 11.7. The molecule has 2 aliphatic heterocycles. The standard InChI is InChI=1S/C26H26F2N4O3/c1-31-14-19(13-29-31)16-5-6-22-23(11-16)35-10-8-18-15-32(9-7-17(18)12-24(33)30-22)26(34)25-20(27)3-2-4-21(25)28/h2-6,11,13-14,17-18H,7-10,12,15H2,1H3,(H,30,33)/t17-,18-/m0/s1. The van der Waals surface area contributed by atoms with Crippen LogP contribution in [0, 0.1) is 23.5 Å². The summed E-state index contributed by atoms with van der Waals surface area (Å²) in [7, 11) is 1.84. The van der Waals surface area contributed by atoms with Crippen LogP contribution in [0.5, 0.6) is 5.75 Å². The van der Waals surface area contributed by atoms with Crippen LogP contribution >= 0.6 is 0 Å². The van der Waals surface area contributed by atoms with Gasteiger partial charge >= 0.3 is 0 Å². The topological polar surface area (TPSA) is 76.5 Å². The van der Waals surface area contributed by atoms with Crippen molar-refractivity contribution < 1.29 is 23.1 Å². The van der Waals surface area contributed by atoms with E-state index in [1.807, 2.05) is 31.4 Å². The zero-order valence-corrected chi connectivity index (χ0v) is 19.3. The Labute approximate surface area is 201 Å². The van der Waals surface area contributed by atoms with Crippen LogP contribution in [-0.4, -0.2) is 46.2 Å². The Kier molecular flexibility index (Phi) is 6.23. The minimum atomic E-state index is -0.869. The van der Waals surface area contributed by atoms with E-state index in [2.05, 4.69) is 10.4 Å². The molecule has 0 saturated carbocycles. The van der Waals surface area contributed by atoms with E-state index in [1.54, 1.807) is 10.9 Å². The average Bonchev–Trinajstić information content (AvgIpc) is 3.27. The van der Waals surface area contributed by atoms with E-state index >= 15 is 0 Å². The summed E-state index contributed by atoms with van der Waals surface area (Å²) in [6.45, 7) is 1.04. The molecule has 0 spiro atoms. The van der Waals surface area contributed by atoms with Crippen LogP contribution in [0.15, 0.2) is 48.8 Å². The number of rotatable bonds is 2. The number of fused-ring (bicyclic) bond motifs is 2. The minimum Gasteiger partial charge on any atom is -0.491 e. The van der Waals surface area contributed by atoms with Crippen molar-refractivity contribution in [3.8, 4) is 16.9 Å². The van der Waals surface area contributed by atoms with Gasteiger partial charge in [0.2, 0.25) is 5.91 Å². The van der Waals surface area contributed by atoms with Gasteiger partial charge in [-0.2, -0.15) is 5.10 Å². The number of amides is 2. The van der Waals surface area contributed by atoms with Gasteiger partial charge in [0.1, 0.15) is 22.9 Å². The van der Waals surface area contributed by atoms with Crippen molar-refractivity contribution >= 4 is 17.5 Å². The number of nitrogens with zero attached hydrogens (tertiary/aromatic N) is 3. The van der Waals surface area contributed by atoms with Gasteiger partial charge in [0.05, 0.1) is 18.5 Å². The number of likely N-dealkylation sites (tertiary alicyclic amines) is 1. The Morgan fingerprint density at radius 3 is 2.66 bits per heavy atom. The Hall–Kier alpha value is -3.75. The molecule has 3 heterocycles. The van der Waals surface area contributed by atoms with Gasteiger partial charge in [0.25, 0.3) is 5.91 Å².